The SMILES string of the molecule is COc1ccccc1CNC(=O)CN[C@@H](C)c1nncn1C. The lowest BCUT2D eigenvalue weighted by atomic mass is 10.2. The number of para-hydroxylation sites is 1. The summed E-state index contributed by atoms with van der Waals surface area (Å²) in [6.07, 6.45) is 1.63. The predicted molar refractivity (Wildman–Crippen MR) is 82.3 cm³/mol. The summed E-state index contributed by atoms with van der Waals surface area (Å²) < 4.78 is 7.08. The predicted octanol–water partition coefficient (Wildman–Crippen LogP) is 0.791. The maximum atomic E-state index is 11.9. The van der Waals surface area contributed by atoms with Gasteiger partial charge in [0.25, 0.3) is 0 Å². The van der Waals surface area contributed by atoms with Gasteiger partial charge in [-0.1, -0.05) is 18.2 Å². The molecule has 0 aliphatic heterocycles. The Bertz CT molecular complexity index is 626. The number of benzene rings is 1. The molecule has 2 N–H and O–H groups in total. The molecule has 2 rings (SSSR count). The standard InChI is InChI=1S/C15H21N5O2/c1-11(15-19-18-10-20(15)2)16-9-14(21)17-8-12-6-4-5-7-13(12)22-3/h4-7,10-11,16H,8-9H2,1-3H3,(H,17,21)/t11-/m0/s1. The van der Waals surface area contributed by atoms with Crippen LogP contribution in [0.1, 0.15) is 24.4 Å². The fraction of sp³-hybridized carbons (Fsp3) is 0.400. The summed E-state index contributed by atoms with van der Waals surface area (Å²) in [5, 5.41) is 13.8. The number of methoxy groups -OCH3 is 1. The molecule has 22 heavy (non-hydrogen) atoms. The zero-order chi connectivity index (χ0) is 15.9. The Kier molecular flexibility index (Phi) is 5.48. The largest absolute Gasteiger partial charge is 0.496 e. The van der Waals surface area contributed by atoms with Crippen LogP contribution in [0, 0.1) is 0 Å². The van der Waals surface area contributed by atoms with Crippen molar-refractivity contribution >= 4 is 5.91 Å². The molecule has 1 aromatic heterocycles. The van der Waals surface area contributed by atoms with Crippen molar-refractivity contribution in [2.75, 3.05) is 13.7 Å². The Balaban J connectivity index is 1.80. The molecule has 1 aromatic carbocycles. The van der Waals surface area contributed by atoms with E-state index in [1.165, 1.54) is 0 Å². The third-order valence-corrected chi connectivity index (χ3v) is 3.37. The van der Waals surface area contributed by atoms with E-state index in [1.807, 2.05) is 42.8 Å². The van der Waals surface area contributed by atoms with Crippen molar-refractivity contribution < 1.29 is 9.53 Å². The second kappa shape index (κ2) is 7.56. The van der Waals surface area contributed by atoms with Crippen molar-refractivity contribution in [3.05, 3.63) is 42.0 Å². The fourth-order valence-corrected chi connectivity index (χ4v) is 2.13. The van der Waals surface area contributed by atoms with E-state index in [9.17, 15) is 4.79 Å². The molecule has 0 aliphatic rings. The number of amides is 1. The summed E-state index contributed by atoms with van der Waals surface area (Å²) in [6.45, 7) is 2.59. The van der Waals surface area contributed by atoms with Crippen molar-refractivity contribution in [2.24, 2.45) is 7.05 Å². The van der Waals surface area contributed by atoms with E-state index in [0.717, 1.165) is 17.1 Å². The zero-order valence-corrected chi connectivity index (χ0v) is 13.0. The Morgan fingerprint density at radius 3 is 2.86 bits per heavy atom. The molecule has 7 nitrogen and oxygen atoms in total. The van der Waals surface area contributed by atoms with Gasteiger partial charge < -0.3 is 14.6 Å². The highest BCUT2D eigenvalue weighted by Gasteiger charge is 2.12. The molecule has 0 fully saturated rings. The quantitative estimate of drug-likeness (QED) is 0.790. The summed E-state index contributed by atoms with van der Waals surface area (Å²) in [4.78, 5) is 11.9. The van der Waals surface area contributed by atoms with Crippen LogP contribution in [-0.2, 0) is 18.4 Å². The molecule has 0 bridgehead atoms. The third kappa shape index (κ3) is 4.05. The number of nitrogens with zero attached hydrogens (tertiary/aromatic N) is 3. The van der Waals surface area contributed by atoms with Gasteiger partial charge in [-0.05, 0) is 13.0 Å². The number of rotatable bonds is 7. The maximum absolute atomic E-state index is 11.9. The second-order valence-electron chi connectivity index (χ2n) is 4.99. The van der Waals surface area contributed by atoms with E-state index >= 15 is 0 Å². The number of aromatic nitrogens is 3. The molecular weight excluding hydrogens is 282 g/mol. The van der Waals surface area contributed by atoms with Gasteiger partial charge in [0.1, 0.15) is 17.9 Å². The van der Waals surface area contributed by atoms with E-state index in [-0.39, 0.29) is 18.5 Å². The lowest BCUT2D eigenvalue weighted by Gasteiger charge is -2.13. The van der Waals surface area contributed by atoms with Gasteiger partial charge in [-0.3, -0.25) is 10.1 Å². The fourth-order valence-electron chi connectivity index (χ4n) is 2.13. The Hall–Kier alpha value is -2.41. The topological polar surface area (TPSA) is 81.1 Å². The molecule has 0 radical (unpaired) electrons. The van der Waals surface area contributed by atoms with Crippen LogP contribution in [0.25, 0.3) is 0 Å². The number of aryl methyl sites for hydroxylation is 1. The zero-order valence-electron chi connectivity index (χ0n) is 13.0. The molecule has 0 unspecified atom stereocenters. The second-order valence-corrected chi connectivity index (χ2v) is 4.99. The van der Waals surface area contributed by atoms with Crippen molar-refractivity contribution in [2.45, 2.75) is 19.5 Å². The van der Waals surface area contributed by atoms with Crippen LogP contribution in [0.5, 0.6) is 5.75 Å². The molecule has 0 saturated heterocycles. The summed E-state index contributed by atoms with van der Waals surface area (Å²) in [6, 6.07) is 7.56. The average molecular weight is 303 g/mol. The molecule has 0 aliphatic carbocycles. The van der Waals surface area contributed by atoms with E-state index in [1.54, 1.807) is 13.4 Å². The highest BCUT2D eigenvalue weighted by atomic mass is 16.5. The lowest BCUT2D eigenvalue weighted by molar-refractivity contribution is -0.120. The molecular formula is C15H21N5O2. The monoisotopic (exact) mass is 303 g/mol. The number of hydrogen-bond acceptors (Lipinski definition) is 5. The summed E-state index contributed by atoms with van der Waals surface area (Å²) >= 11 is 0. The molecule has 7 heteroatoms. The van der Waals surface area contributed by atoms with Gasteiger partial charge in [-0.25, -0.2) is 0 Å². The molecule has 0 saturated carbocycles. The highest BCUT2D eigenvalue weighted by Crippen LogP contribution is 2.16. The number of carbonyl (C=O) groups excluding carboxylic acids is 1. The van der Waals surface area contributed by atoms with Crippen LogP contribution >= 0.6 is 0 Å². The van der Waals surface area contributed by atoms with Gasteiger partial charge in [0.15, 0.2) is 0 Å². The normalized spacial score (nSPS) is 12.0. The van der Waals surface area contributed by atoms with Crippen LogP contribution in [0.15, 0.2) is 30.6 Å². The smallest absolute Gasteiger partial charge is 0.234 e. The van der Waals surface area contributed by atoms with Gasteiger partial charge in [-0.2, -0.15) is 0 Å². The summed E-state index contributed by atoms with van der Waals surface area (Å²) in [5.41, 5.74) is 0.944. The lowest BCUT2D eigenvalue weighted by Crippen LogP contribution is -2.35. The molecule has 118 valence electrons. The van der Waals surface area contributed by atoms with Crippen molar-refractivity contribution in [3.63, 3.8) is 0 Å². The maximum Gasteiger partial charge on any atom is 0.234 e. The van der Waals surface area contributed by atoms with E-state index in [4.69, 9.17) is 4.74 Å². The van der Waals surface area contributed by atoms with Crippen molar-refractivity contribution in [3.8, 4) is 5.75 Å². The molecule has 1 atom stereocenters. The first kappa shape index (κ1) is 16.0. The van der Waals surface area contributed by atoms with E-state index < -0.39 is 0 Å². The first-order chi connectivity index (χ1) is 10.6. The molecule has 1 amide bonds. The summed E-state index contributed by atoms with van der Waals surface area (Å²) in [7, 11) is 3.49. The Labute approximate surface area is 129 Å². The Morgan fingerprint density at radius 1 is 1.41 bits per heavy atom. The first-order valence-corrected chi connectivity index (χ1v) is 7.07. The van der Waals surface area contributed by atoms with E-state index in [2.05, 4.69) is 20.8 Å². The van der Waals surface area contributed by atoms with Crippen LogP contribution in [-0.4, -0.2) is 34.3 Å². The minimum atomic E-state index is -0.0834. The van der Waals surface area contributed by atoms with Gasteiger partial charge in [0.2, 0.25) is 5.91 Å². The number of hydrogen-bond donors (Lipinski definition) is 2. The van der Waals surface area contributed by atoms with Crippen LogP contribution in [0.3, 0.4) is 0 Å². The van der Waals surface area contributed by atoms with Crippen LogP contribution in [0.2, 0.25) is 0 Å². The average Bonchev–Trinajstić information content (AvgIpc) is 2.97. The Morgan fingerprint density at radius 2 is 2.18 bits per heavy atom. The highest BCUT2D eigenvalue weighted by molar-refractivity contribution is 5.78. The molecule has 2 aromatic rings. The van der Waals surface area contributed by atoms with Gasteiger partial charge >= 0.3 is 0 Å². The van der Waals surface area contributed by atoms with Gasteiger partial charge in [0.05, 0.1) is 19.7 Å². The van der Waals surface area contributed by atoms with Crippen LogP contribution < -0.4 is 15.4 Å². The molecule has 1 heterocycles. The molecule has 0 spiro atoms. The van der Waals surface area contributed by atoms with Crippen LogP contribution in [0.4, 0.5) is 0 Å². The number of carbonyl (C=O) groups is 1. The third-order valence-electron chi connectivity index (χ3n) is 3.37. The minimum Gasteiger partial charge on any atom is -0.496 e. The summed E-state index contributed by atoms with van der Waals surface area (Å²) in [5.74, 6) is 1.47. The van der Waals surface area contributed by atoms with Crippen molar-refractivity contribution in [1.29, 1.82) is 0 Å². The number of nitrogens with one attached hydrogen (secondary N) is 2. The van der Waals surface area contributed by atoms with Gasteiger partial charge in [0, 0.05) is 19.2 Å². The minimum absolute atomic E-state index is 0.0514. The van der Waals surface area contributed by atoms with E-state index in [0.29, 0.717) is 6.54 Å². The van der Waals surface area contributed by atoms with Gasteiger partial charge in [-0.15, -0.1) is 10.2 Å². The number of ether oxygens (including phenoxy) is 1. The first-order valence-electron chi connectivity index (χ1n) is 7.07. The van der Waals surface area contributed by atoms with Crippen molar-refractivity contribution in [1.82, 2.24) is 25.4 Å².